The second-order valence-electron chi connectivity index (χ2n) is 7.20. The number of nitrogens with one attached hydrogen (secondary N) is 1. The Kier molecular flexibility index (Phi) is 5.44. The summed E-state index contributed by atoms with van der Waals surface area (Å²) >= 11 is 0. The van der Waals surface area contributed by atoms with Crippen LogP contribution in [0.25, 0.3) is 0 Å². The molecule has 2 saturated heterocycles. The Morgan fingerprint density at radius 2 is 1.95 bits per heavy atom. The highest BCUT2D eigenvalue weighted by molar-refractivity contribution is 5.76. The second kappa shape index (κ2) is 6.90. The van der Waals surface area contributed by atoms with Gasteiger partial charge in [-0.25, -0.2) is 0 Å². The minimum Gasteiger partial charge on any atom is -0.378 e. The van der Waals surface area contributed by atoms with Gasteiger partial charge >= 0.3 is 0 Å². The Morgan fingerprint density at radius 3 is 2.60 bits per heavy atom. The first kappa shape index (κ1) is 15.8. The lowest BCUT2D eigenvalue weighted by Gasteiger charge is -2.31. The number of hydrogen-bond donors (Lipinski definition) is 1. The zero-order valence-corrected chi connectivity index (χ0v) is 13.1. The number of amides is 1. The largest absolute Gasteiger partial charge is 0.378 e. The van der Waals surface area contributed by atoms with Gasteiger partial charge in [0.2, 0.25) is 5.91 Å². The summed E-state index contributed by atoms with van der Waals surface area (Å²) in [5.41, 5.74) is 0.137. The van der Waals surface area contributed by atoms with Crippen LogP contribution in [0.2, 0.25) is 0 Å². The van der Waals surface area contributed by atoms with Crippen molar-refractivity contribution in [1.82, 2.24) is 5.32 Å². The summed E-state index contributed by atoms with van der Waals surface area (Å²) in [7, 11) is 0. The molecular formula is C16H29NO3. The molecule has 0 unspecified atom stereocenters. The van der Waals surface area contributed by atoms with Crippen molar-refractivity contribution < 1.29 is 14.3 Å². The third-order valence-corrected chi connectivity index (χ3v) is 4.32. The Hall–Kier alpha value is -0.610. The van der Waals surface area contributed by atoms with Gasteiger partial charge in [0.25, 0.3) is 0 Å². The molecule has 1 N–H and O–H groups in total. The van der Waals surface area contributed by atoms with E-state index in [1.165, 1.54) is 6.42 Å². The van der Waals surface area contributed by atoms with Crippen LogP contribution in [0.5, 0.6) is 0 Å². The molecule has 0 aromatic heterocycles. The van der Waals surface area contributed by atoms with Crippen molar-refractivity contribution in [2.75, 3.05) is 19.8 Å². The van der Waals surface area contributed by atoms with Gasteiger partial charge in [0.15, 0.2) is 0 Å². The number of hydrogen-bond acceptors (Lipinski definition) is 3. The van der Waals surface area contributed by atoms with Gasteiger partial charge in [-0.1, -0.05) is 20.8 Å². The summed E-state index contributed by atoms with van der Waals surface area (Å²) < 4.78 is 11.4. The summed E-state index contributed by atoms with van der Waals surface area (Å²) in [5, 5.41) is 3.08. The minimum absolute atomic E-state index is 0.122. The van der Waals surface area contributed by atoms with Crippen LogP contribution in [-0.2, 0) is 14.3 Å². The van der Waals surface area contributed by atoms with Gasteiger partial charge in [-0.05, 0) is 31.1 Å². The molecule has 0 radical (unpaired) electrons. The number of ether oxygens (including phenoxy) is 2. The average molecular weight is 283 g/mol. The first-order valence-electron chi connectivity index (χ1n) is 7.96. The SMILES string of the molecule is CC(C)(C)[C@H]1OCC[C@@H]1CNC(=O)C[C@@H]1CCCCO1. The number of carbonyl (C=O) groups excluding carboxylic acids is 1. The normalized spacial score (nSPS) is 31.2. The molecule has 0 spiro atoms. The van der Waals surface area contributed by atoms with Gasteiger partial charge < -0.3 is 14.8 Å². The van der Waals surface area contributed by atoms with Crippen LogP contribution in [-0.4, -0.2) is 37.9 Å². The van der Waals surface area contributed by atoms with E-state index in [0.717, 1.165) is 39.0 Å². The van der Waals surface area contributed by atoms with Crippen LogP contribution in [0.1, 0.15) is 52.9 Å². The van der Waals surface area contributed by atoms with Crippen molar-refractivity contribution in [2.45, 2.75) is 65.1 Å². The molecular weight excluding hydrogens is 254 g/mol. The molecule has 4 heteroatoms. The zero-order chi connectivity index (χ0) is 14.6. The highest BCUT2D eigenvalue weighted by Crippen LogP contribution is 2.34. The van der Waals surface area contributed by atoms with Crippen molar-refractivity contribution in [2.24, 2.45) is 11.3 Å². The van der Waals surface area contributed by atoms with Gasteiger partial charge in [-0.15, -0.1) is 0 Å². The lowest BCUT2D eigenvalue weighted by Crippen LogP contribution is -2.39. The summed E-state index contributed by atoms with van der Waals surface area (Å²) in [4.78, 5) is 12.0. The maximum absolute atomic E-state index is 12.0. The van der Waals surface area contributed by atoms with Crippen molar-refractivity contribution in [1.29, 1.82) is 0 Å². The molecule has 1 amide bonds. The predicted octanol–water partition coefficient (Wildman–Crippen LogP) is 2.51. The molecule has 0 aliphatic carbocycles. The van der Waals surface area contributed by atoms with Gasteiger partial charge in [-0.2, -0.15) is 0 Å². The maximum Gasteiger partial charge on any atom is 0.222 e. The first-order valence-corrected chi connectivity index (χ1v) is 7.96. The number of carbonyl (C=O) groups is 1. The third kappa shape index (κ3) is 4.45. The van der Waals surface area contributed by atoms with E-state index in [2.05, 4.69) is 26.1 Å². The summed E-state index contributed by atoms with van der Waals surface area (Å²) in [5.74, 6) is 0.558. The molecule has 2 aliphatic heterocycles. The van der Waals surface area contributed by atoms with E-state index in [0.29, 0.717) is 12.3 Å². The Bertz CT molecular complexity index is 318. The second-order valence-corrected chi connectivity index (χ2v) is 7.20. The predicted molar refractivity (Wildman–Crippen MR) is 78.5 cm³/mol. The third-order valence-electron chi connectivity index (χ3n) is 4.32. The van der Waals surface area contributed by atoms with Gasteiger partial charge in [0, 0.05) is 25.7 Å². The molecule has 2 fully saturated rings. The lowest BCUT2D eigenvalue weighted by molar-refractivity contribution is -0.125. The van der Waals surface area contributed by atoms with E-state index >= 15 is 0 Å². The monoisotopic (exact) mass is 283 g/mol. The van der Waals surface area contributed by atoms with Crippen LogP contribution < -0.4 is 5.32 Å². The van der Waals surface area contributed by atoms with Crippen LogP contribution >= 0.6 is 0 Å². The summed E-state index contributed by atoms with van der Waals surface area (Å²) in [6.45, 7) is 8.96. The highest BCUT2D eigenvalue weighted by Gasteiger charge is 2.37. The molecule has 20 heavy (non-hydrogen) atoms. The van der Waals surface area contributed by atoms with Gasteiger partial charge in [-0.3, -0.25) is 4.79 Å². The van der Waals surface area contributed by atoms with Crippen molar-refractivity contribution in [3.05, 3.63) is 0 Å². The highest BCUT2D eigenvalue weighted by atomic mass is 16.5. The van der Waals surface area contributed by atoms with E-state index in [1.807, 2.05) is 0 Å². The molecule has 116 valence electrons. The molecule has 2 rings (SSSR count). The molecule has 2 heterocycles. The number of rotatable bonds is 4. The van der Waals surface area contributed by atoms with E-state index in [4.69, 9.17) is 9.47 Å². The molecule has 2 aliphatic rings. The fourth-order valence-corrected chi connectivity index (χ4v) is 3.29. The fraction of sp³-hybridized carbons (Fsp3) is 0.938. The molecule has 0 bridgehead atoms. The zero-order valence-electron chi connectivity index (χ0n) is 13.1. The smallest absolute Gasteiger partial charge is 0.222 e. The van der Waals surface area contributed by atoms with Gasteiger partial charge in [0.1, 0.15) is 0 Å². The van der Waals surface area contributed by atoms with Gasteiger partial charge in [0.05, 0.1) is 18.6 Å². The standard InChI is InChI=1S/C16H29NO3/c1-16(2,3)15-12(7-9-20-15)11-17-14(18)10-13-6-4-5-8-19-13/h12-13,15H,4-11H2,1-3H3,(H,17,18)/t12-,13+,15+/m1/s1. The molecule has 0 aromatic rings. The van der Waals surface area contributed by atoms with Crippen molar-refractivity contribution in [3.8, 4) is 0 Å². The van der Waals surface area contributed by atoms with Crippen LogP contribution in [0, 0.1) is 11.3 Å². The Labute approximate surface area is 122 Å². The Morgan fingerprint density at radius 1 is 1.15 bits per heavy atom. The van der Waals surface area contributed by atoms with E-state index < -0.39 is 0 Å². The van der Waals surface area contributed by atoms with Crippen molar-refractivity contribution in [3.63, 3.8) is 0 Å². The minimum atomic E-state index is 0.122. The lowest BCUT2D eigenvalue weighted by atomic mass is 9.81. The van der Waals surface area contributed by atoms with E-state index in [9.17, 15) is 4.79 Å². The maximum atomic E-state index is 12.0. The summed E-state index contributed by atoms with van der Waals surface area (Å²) in [6.07, 6.45) is 5.25. The van der Waals surface area contributed by atoms with E-state index in [1.54, 1.807) is 0 Å². The van der Waals surface area contributed by atoms with Crippen LogP contribution in [0.3, 0.4) is 0 Å². The first-order chi connectivity index (χ1) is 9.47. The molecule has 4 nitrogen and oxygen atoms in total. The van der Waals surface area contributed by atoms with E-state index in [-0.39, 0.29) is 23.5 Å². The topological polar surface area (TPSA) is 47.6 Å². The average Bonchev–Trinajstić information content (AvgIpc) is 2.86. The quantitative estimate of drug-likeness (QED) is 0.862. The van der Waals surface area contributed by atoms with Crippen LogP contribution in [0.4, 0.5) is 0 Å². The molecule has 3 atom stereocenters. The molecule has 0 aromatic carbocycles. The summed E-state index contributed by atoms with van der Waals surface area (Å²) in [6, 6.07) is 0. The molecule has 0 saturated carbocycles. The Balaban J connectivity index is 1.72. The van der Waals surface area contributed by atoms with Crippen LogP contribution in [0.15, 0.2) is 0 Å². The fourth-order valence-electron chi connectivity index (χ4n) is 3.29. The van der Waals surface area contributed by atoms with Crippen molar-refractivity contribution >= 4 is 5.91 Å².